The Bertz CT molecular complexity index is 499. The minimum absolute atomic E-state index is 0.443. The maximum absolute atomic E-state index is 5.98. The van der Waals surface area contributed by atoms with E-state index in [0.29, 0.717) is 17.9 Å². The largest absolute Gasteiger partial charge is 0.368 e. The number of nitrogen functional groups attached to an aromatic ring is 1. The molecule has 1 aromatic heterocycles. The monoisotopic (exact) mass is 287 g/mol. The lowest BCUT2D eigenvalue weighted by atomic mass is 9.87. The fourth-order valence-corrected chi connectivity index (χ4v) is 4.28. The van der Waals surface area contributed by atoms with E-state index in [1.165, 1.54) is 50.8 Å². The molecule has 1 saturated carbocycles. The van der Waals surface area contributed by atoms with Crippen LogP contribution in [-0.2, 0) is 0 Å². The van der Waals surface area contributed by atoms with E-state index in [1.54, 1.807) is 0 Å². The predicted octanol–water partition coefficient (Wildman–Crippen LogP) is 1.90. The van der Waals surface area contributed by atoms with E-state index in [0.717, 1.165) is 24.8 Å². The van der Waals surface area contributed by atoms with Gasteiger partial charge in [0.15, 0.2) is 0 Å². The summed E-state index contributed by atoms with van der Waals surface area (Å²) in [5.41, 5.74) is 7.15. The zero-order valence-electron chi connectivity index (χ0n) is 12.6. The molecule has 3 heterocycles. The molecule has 4 rings (SSSR count). The average molecular weight is 287 g/mol. The van der Waals surface area contributed by atoms with Crippen molar-refractivity contribution in [2.24, 2.45) is 5.92 Å². The van der Waals surface area contributed by atoms with Crippen LogP contribution in [0.25, 0.3) is 0 Å². The number of aromatic nitrogens is 2. The first-order chi connectivity index (χ1) is 10.3. The van der Waals surface area contributed by atoms with Gasteiger partial charge >= 0.3 is 0 Å². The Balaban J connectivity index is 1.56. The summed E-state index contributed by atoms with van der Waals surface area (Å²) < 4.78 is 0. The van der Waals surface area contributed by atoms with Gasteiger partial charge in [-0.2, -0.15) is 4.98 Å². The Kier molecular flexibility index (Phi) is 3.45. The molecule has 5 nitrogen and oxygen atoms in total. The van der Waals surface area contributed by atoms with Crippen LogP contribution in [0.4, 0.5) is 11.8 Å². The lowest BCUT2D eigenvalue weighted by Gasteiger charge is -2.24. The third-order valence-corrected chi connectivity index (χ3v) is 5.46. The molecule has 5 heteroatoms. The molecule has 2 atom stereocenters. The summed E-state index contributed by atoms with van der Waals surface area (Å²) in [4.78, 5) is 11.4. The van der Waals surface area contributed by atoms with Gasteiger partial charge < -0.3 is 16.0 Å². The summed E-state index contributed by atoms with van der Waals surface area (Å²) in [5, 5.41) is 3.59. The van der Waals surface area contributed by atoms with Crippen LogP contribution in [-0.4, -0.2) is 35.6 Å². The lowest BCUT2D eigenvalue weighted by Crippen LogP contribution is -2.30. The third-order valence-electron chi connectivity index (χ3n) is 5.46. The Labute approximate surface area is 126 Å². The second-order valence-electron chi connectivity index (χ2n) is 6.86. The highest BCUT2D eigenvalue weighted by Crippen LogP contribution is 2.34. The number of anilines is 2. The molecule has 1 aromatic rings. The second kappa shape index (κ2) is 5.44. The van der Waals surface area contributed by atoms with Gasteiger partial charge in [-0.15, -0.1) is 0 Å². The maximum atomic E-state index is 5.98. The van der Waals surface area contributed by atoms with E-state index in [-0.39, 0.29) is 0 Å². The number of hydrogen-bond donors (Lipinski definition) is 2. The molecule has 0 spiro atoms. The highest BCUT2D eigenvalue weighted by Gasteiger charge is 2.36. The number of fused-ring (bicyclic) bond motifs is 1. The van der Waals surface area contributed by atoms with E-state index in [4.69, 9.17) is 5.73 Å². The van der Waals surface area contributed by atoms with Crippen molar-refractivity contribution in [1.29, 1.82) is 0 Å². The van der Waals surface area contributed by atoms with Gasteiger partial charge in [0, 0.05) is 31.1 Å². The summed E-state index contributed by atoms with van der Waals surface area (Å²) in [6.07, 6.45) is 7.80. The van der Waals surface area contributed by atoms with E-state index >= 15 is 0 Å². The van der Waals surface area contributed by atoms with Crippen molar-refractivity contribution in [3.63, 3.8) is 0 Å². The normalized spacial score (nSPS) is 29.8. The predicted molar refractivity (Wildman–Crippen MR) is 84.4 cm³/mol. The van der Waals surface area contributed by atoms with Gasteiger partial charge in [0.2, 0.25) is 5.95 Å². The van der Waals surface area contributed by atoms with Crippen LogP contribution in [0.2, 0.25) is 0 Å². The SMILES string of the molecule is Nc1nc(C2CCCCC2)cc(N2C[C@H]3CCN[C@H]3C2)n1. The van der Waals surface area contributed by atoms with E-state index in [9.17, 15) is 0 Å². The van der Waals surface area contributed by atoms with Gasteiger partial charge in [0.1, 0.15) is 5.82 Å². The Hall–Kier alpha value is -1.36. The lowest BCUT2D eigenvalue weighted by molar-refractivity contribution is 0.436. The van der Waals surface area contributed by atoms with Crippen LogP contribution < -0.4 is 16.0 Å². The second-order valence-corrected chi connectivity index (χ2v) is 6.86. The fourth-order valence-electron chi connectivity index (χ4n) is 4.28. The summed E-state index contributed by atoms with van der Waals surface area (Å²) in [5.74, 6) is 2.85. The summed E-state index contributed by atoms with van der Waals surface area (Å²) in [6.45, 7) is 3.34. The van der Waals surface area contributed by atoms with Gasteiger partial charge in [0.25, 0.3) is 0 Å². The molecule has 1 aliphatic carbocycles. The summed E-state index contributed by atoms with van der Waals surface area (Å²) >= 11 is 0. The molecule has 0 aromatic carbocycles. The molecular formula is C16H25N5. The van der Waals surface area contributed by atoms with Crippen molar-refractivity contribution in [2.75, 3.05) is 30.3 Å². The third kappa shape index (κ3) is 2.59. The van der Waals surface area contributed by atoms with Gasteiger partial charge in [-0.25, -0.2) is 4.98 Å². The topological polar surface area (TPSA) is 67.1 Å². The smallest absolute Gasteiger partial charge is 0.222 e. The van der Waals surface area contributed by atoms with Crippen molar-refractivity contribution in [3.05, 3.63) is 11.8 Å². The van der Waals surface area contributed by atoms with Crippen molar-refractivity contribution in [2.45, 2.75) is 50.5 Å². The van der Waals surface area contributed by atoms with Gasteiger partial charge in [-0.1, -0.05) is 19.3 Å². The Morgan fingerprint density at radius 3 is 2.76 bits per heavy atom. The van der Waals surface area contributed by atoms with Crippen LogP contribution in [0.5, 0.6) is 0 Å². The Morgan fingerprint density at radius 2 is 1.95 bits per heavy atom. The summed E-state index contributed by atoms with van der Waals surface area (Å²) in [7, 11) is 0. The highest BCUT2D eigenvalue weighted by molar-refractivity contribution is 5.46. The van der Waals surface area contributed by atoms with Gasteiger partial charge in [-0.3, -0.25) is 0 Å². The van der Waals surface area contributed by atoms with Crippen LogP contribution in [0.1, 0.15) is 50.1 Å². The molecule has 2 aliphatic heterocycles. The molecular weight excluding hydrogens is 262 g/mol. The molecule has 0 radical (unpaired) electrons. The molecule has 21 heavy (non-hydrogen) atoms. The number of nitrogens with zero attached hydrogens (tertiary/aromatic N) is 3. The molecule has 3 N–H and O–H groups in total. The zero-order valence-corrected chi connectivity index (χ0v) is 12.6. The van der Waals surface area contributed by atoms with E-state index in [2.05, 4.69) is 26.3 Å². The van der Waals surface area contributed by atoms with E-state index < -0.39 is 0 Å². The van der Waals surface area contributed by atoms with Crippen molar-refractivity contribution in [1.82, 2.24) is 15.3 Å². The average Bonchev–Trinajstić information content (AvgIpc) is 3.09. The van der Waals surface area contributed by atoms with Crippen molar-refractivity contribution >= 4 is 11.8 Å². The molecule has 0 amide bonds. The molecule has 0 unspecified atom stereocenters. The number of nitrogens with one attached hydrogen (secondary N) is 1. The van der Waals surface area contributed by atoms with Crippen molar-refractivity contribution < 1.29 is 0 Å². The first-order valence-electron chi connectivity index (χ1n) is 8.42. The van der Waals surface area contributed by atoms with Crippen LogP contribution >= 0.6 is 0 Å². The van der Waals surface area contributed by atoms with Crippen LogP contribution in [0.15, 0.2) is 6.07 Å². The molecule has 2 saturated heterocycles. The maximum Gasteiger partial charge on any atom is 0.222 e. The van der Waals surface area contributed by atoms with Gasteiger partial charge in [0.05, 0.1) is 5.69 Å². The first-order valence-corrected chi connectivity index (χ1v) is 8.42. The van der Waals surface area contributed by atoms with Gasteiger partial charge in [-0.05, 0) is 31.7 Å². The molecule has 114 valence electrons. The highest BCUT2D eigenvalue weighted by atomic mass is 15.3. The number of rotatable bonds is 2. The fraction of sp³-hybridized carbons (Fsp3) is 0.750. The molecule has 3 aliphatic rings. The molecule has 3 fully saturated rings. The first kappa shape index (κ1) is 13.3. The molecule has 0 bridgehead atoms. The van der Waals surface area contributed by atoms with E-state index in [1.807, 2.05) is 0 Å². The van der Waals surface area contributed by atoms with Crippen LogP contribution in [0, 0.1) is 5.92 Å². The number of nitrogens with two attached hydrogens (primary N) is 1. The minimum Gasteiger partial charge on any atom is -0.368 e. The standard InChI is InChI=1S/C16H25N5/c17-16-19-13(11-4-2-1-3-5-11)8-15(20-16)21-9-12-6-7-18-14(12)10-21/h8,11-12,14,18H,1-7,9-10H2,(H2,17,19,20)/t12-,14+/m1/s1. The number of hydrogen-bond acceptors (Lipinski definition) is 5. The quantitative estimate of drug-likeness (QED) is 0.869. The van der Waals surface area contributed by atoms with Crippen LogP contribution in [0.3, 0.4) is 0 Å². The zero-order chi connectivity index (χ0) is 14.2. The summed E-state index contributed by atoms with van der Waals surface area (Å²) in [6, 6.07) is 2.84. The Morgan fingerprint density at radius 1 is 1.10 bits per heavy atom. The minimum atomic E-state index is 0.443. The van der Waals surface area contributed by atoms with Crippen molar-refractivity contribution in [3.8, 4) is 0 Å².